The van der Waals surface area contributed by atoms with Crippen LogP contribution in [0.2, 0.25) is 0 Å². The Morgan fingerprint density at radius 1 is 1.48 bits per heavy atom. The van der Waals surface area contributed by atoms with E-state index in [-0.39, 0.29) is 23.5 Å². The van der Waals surface area contributed by atoms with Crippen molar-refractivity contribution in [2.75, 3.05) is 19.5 Å². The maximum atomic E-state index is 13.7. The fourth-order valence-electron chi connectivity index (χ4n) is 3.04. The molecule has 2 aromatic heterocycles. The van der Waals surface area contributed by atoms with Crippen molar-refractivity contribution in [1.82, 2.24) is 19.5 Å². The van der Waals surface area contributed by atoms with Gasteiger partial charge in [0.1, 0.15) is 5.52 Å². The SMILES string of the molecule is C#CC(CO)(OC)[C@H](Cn1cnc2c(N)nc(F)nc21)OC(=O)C(C)(C)CCC. The predicted octanol–water partition coefficient (Wildman–Crippen LogP) is 1.30. The first kappa shape index (κ1) is 22.5. The van der Waals surface area contributed by atoms with E-state index < -0.39 is 35.8 Å². The molecular formula is C19H26FN5O4. The smallest absolute Gasteiger partial charge is 0.312 e. The van der Waals surface area contributed by atoms with E-state index in [9.17, 15) is 14.3 Å². The highest BCUT2D eigenvalue weighted by atomic mass is 19.1. The highest BCUT2D eigenvalue weighted by Crippen LogP contribution is 2.29. The van der Waals surface area contributed by atoms with Crippen molar-refractivity contribution in [1.29, 1.82) is 0 Å². The van der Waals surface area contributed by atoms with E-state index in [0.29, 0.717) is 6.42 Å². The van der Waals surface area contributed by atoms with Gasteiger partial charge in [-0.25, -0.2) is 4.98 Å². The highest BCUT2D eigenvalue weighted by molar-refractivity contribution is 5.81. The van der Waals surface area contributed by atoms with Crippen LogP contribution >= 0.6 is 0 Å². The van der Waals surface area contributed by atoms with Gasteiger partial charge in [-0.05, 0) is 20.3 Å². The molecule has 158 valence electrons. The number of aliphatic hydroxyl groups is 1. The van der Waals surface area contributed by atoms with Crippen LogP contribution in [0.4, 0.5) is 10.2 Å². The fraction of sp³-hybridized carbons (Fsp3) is 0.579. The number of hydrogen-bond donors (Lipinski definition) is 2. The molecule has 2 atom stereocenters. The van der Waals surface area contributed by atoms with Crippen molar-refractivity contribution >= 4 is 23.0 Å². The molecule has 2 rings (SSSR count). The summed E-state index contributed by atoms with van der Waals surface area (Å²) in [7, 11) is 1.31. The van der Waals surface area contributed by atoms with Gasteiger partial charge in [-0.15, -0.1) is 6.42 Å². The first-order valence-corrected chi connectivity index (χ1v) is 9.12. The molecule has 0 saturated carbocycles. The number of anilines is 1. The van der Waals surface area contributed by atoms with Gasteiger partial charge in [0, 0.05) is 7.11 Å². The lowest BCUT2D eigenvalue weighted by Crippen LogP contribution is -2.51. The van der Waals surface area contributed by atoms with Crippen LogP contribution < -0.4 is 5.73 Å². The predicted molar refractivity (Wildman–Crippen MR) is 104 cm³/mol. The number of nitrogens with two attached hydrogens (primary N) is 1. The van der Waals surface area contributed by atoms with Crippen molar-refractivity contribution in [3.63, 3.8) is 0 Å². The highest BCUT2D eigenvalue weighted by Gasteiger charge is 2.43. The average molecular weight is 407 g/mol. The molecule has 2 aromatic rings. The summed E-state index contributed by atoms with van der Waals surface area (Å²) in [4.78, 5) is 24.0. The lowest BCUT2D eigenvalue weighted by atomic mass is 9.88. The second kappa shape index (κ2) is 8.71. The molecule has 0 saturated heterocycles. The zero-order valence-electron chi connectivity index (χ0n) is 17.0. The number of carbonyl (C=O) groups is 1. The summed E-state index contributed by atoms with van der Waals surface area (Å²) in [5, 5.41) is 9.91. The van der Waals surface area contributed by atoms with Crippen LogP contribution in [0.25, 0.3) is 11.2 Å². The number of aliphatic hydroxyl groups excluding tert-OH is 1. The van der Waals surface area contributed by atoms with E-state index in [1.807, 2.05) is 6.92 Å². The van der Waals surface area contributed by atoms with Crippen LogP contribution in [-0.4, -0.2) is 56.0 Å². The molecule has 3 N–H and O–H groups in total. The molecule has 0 amide bonds. The Morgan fingerprint density at radius 3 is 2.72 bits per heavy atom. The minimum absolute atomic E-state index is 0.0983. The number of hydrogen-bond acceptors (Lipinski definition) is 8. The number of terminal acetylenes is 1. The molecule has 0 spiro atoms. The number of carbonyl (C=O) groups excluding carboxylic acids is 1. The molecular weight excluding hydrogens is 381 g/mol. The third kappa shape index (κ3) is 4.46. The Bertz CT molecular complexity index is 917. The minimum Gasteiger partial charge on any atom is -0.456 e. The number of ether oxygens (including phenoxy) is 2. The number of halogens is 1. The molecule has 0 aliphatic carbocycles. The standard InChI is InChI=1S/C19H26FN5O4/c1-6-8-18(3,4)16(27)29-12(19(7-2,10-26)28-5)9-25-11-22-13-14(21)23-17(20)24-15(13)25/h2,11-12,26H,6,8-10H2,1,3-5H3,(H2,21,23,24)/t12-,19?/m0/s1. The number of rotatable bonds is 9. The van der Waals surface area contributed by atoms with Gasteiger partial charge in [-0.3, -0.25) is 4.79 Å². The van der Waals surface area contributed by atoms with Gasteiger partial charge in [-0.2, -0.15) is 14.4 Å². The lowest BCUT2D eigenvalue weighted by molar-refractivity contribution is -0.177. The zero-order valence-corrected chi connectivity index (χ0v) is 17.0. The van der Waals surface area contributed by atoms with E-state index in [2.05, 4.69) is 20.9 Å². The molecule has 10 heteroatoms. The summed E-state index contributed by atoms with van der Waals surface area (Å²) in [6.07, 6.45) is 6.20. The Balaban J connectivity index is 2.46. The molecule has 29 heavy (non-hydrogen) atoms. The van der Waals surface area contributed by atoms with Crippen molar-refractivity contribution < 1.29 is 23.8 Å². The number of methoxy groups -OCH3 is 1. The summed E-state index contributed by atoms with van der Waals surface area (Å²) >= 11 is 0. The summed E-state index contributed by atoms with van der Waals surface area (Å²) in [5.41, 5.74) is 3.59. The molecule has 0 aliphatic rings. The Morgan fingerprint density at radius 2 is 2.17 bits per heavy atom. The van der Waals surface area contributed by atoms with Crippen molar-refractivity contribution in [3.05, 3.63) is 12.4 Å². The van der Waals surface area contributed by atoms with Gasteiger partial charge in [-0.1, -0.05) is 19.3 Å². The maximum absolute atomic E-state index is 13.7. The zero-order chi connectivity index (χ0) is 21.8. The lowest BCUT2D eigenvalue weighted by Gasteiger charge is -2.35. The molecule has 0 fully saturated rings. The molecule has 1 unspecified atom stereocenters. The van der Waals surface area contributed by atoms with Gasteiger partial charge in [0.05, 0.1) is 24.9 Å². The molecule has 0 bridgehead atoms. The van der Waals surface area contributed by atoms with E-state index in [1.54, 1.807) is 13.8 Å². The quantitative estimate of drug-likeness (QED) is 0.362. The van der Waals surface area contributed by atoms with Crippen LogP contribution in [0.15, 0.2) is 6.33 Å². The van der Waals surface area contributed by atoms with Crippen molar-refractivity contribution in [2.45, 2.75) is 51.9 Å². The first-order chi connectivity index (χ1) is 13.6. The van der Waals surface area contributed by atoms with Gasteiger partial charge < -0.3 is 24.9 Å². The minimum atomic E-state index is -1.62. The van der Waals surface area contributed by atoms with E-state index >= 15 is 0 Å². The molecule has 0 aliphatic heterocycles. The second-order valence-corrected chi connectivity index (χ2v) is 7.37. The van der Waals surface area contributed by atoms with Crippen LogP contribution in [0.1, 0.15) is 33.6 Å². The maximum Gasteiger partial charge on any atom is 0.312 e. The molecule has 9 nitrogen and oxygen atoms in total. The molecule has 2 heterocycles. The average Bonchev–Trinajstić information content (AvgIpc) is 3.06. The topological polar surface area (TPSA) is 125 Å². The van der Waals surface area contributed by atoms with E-state index in [4.69, 9.17) is 21.6 Å². The number of esters is 1. The van der Waals surface area contributed by atoms with Gasteiger partial charge in [0.25, 0.3) is 0 Å². The number of nitrogens with zero attached hydrogens (tertiary/aromatic N) is 4. The third-order valence-electron chi connectivity index (χ3n) is 4.87. The first-order valence-electron chi connectivity index (χ1n) is 9.12. The molecule has 0 radical (unpaired) electrons. The number of imidazole rings is 1. The number of aromatic nitrogens is 4. The second-order valence-electron chi connectivity index (χ2n) is 7.37. The van der Waals surface area contributed by atoms with Crippen LogP contribution in [-0.2, 0) is 20.8 Å². The largest absolute Gasteiger partial charge is 0.456 e. The normalized spacial score (nSPS) is 14.9. The van der Waals surface area contributed by atoms with Gasteiger partial charge in [0.2, 0.25) is 0 Å². The van der Waals surface area contributed by atoms with Crippen LogP contribution in [0.5, 0.6) is 0 Å². The number of nitrogen functional groups attached to an aromatic ring is 1. The van der Waals surface area contributed by atoms with Gasteiger partial charge in [0.15, 0.2) is 23.2 Å². The van der Waals surface area contributed by atoms with Crippen LogP contribution in [0, 0.1) is 23.8 Å². The fourth-order valence-corrected chi connectivity index (χ4v) is 3.04. The summed E-state index contributed by atoms with van der Waals surface area (Å²) in [6, 6.07) is 0. The van der Waals surface area contributed by atoms with Gasteiger partial charge >= 0.3 is 12.0 Å². The Hall–Kier alpha value is -2.77. The number of fused-ring (bicyclic) bond motifs is 1. The van der Waals surface area contributed by atoms with Crippen LogP contribution in [0.3, 0.4) is 0 Å². The molecule has 0 aromatic carbocycles. The summed E-state index contributed by atoms with van der Waals surface area (Å²) < 4.78 is 26.1. The van der Waals surface area contributed by atoms with E-state index in [1.165, 1.54) is 18.0 Å². The summed E-state index contributed by atoms with van der Waals surface area (Å²) in [6.45, 7) is 4.77. The Labute approximate surface area is 168 Å². The third-order valence-corrected chi connectivity index (χ3v) is 4.87. The van der Waals surface area contributed by atoms with Crippen molar-refractivity contribution in [3.8, 4) is 12.3 Å². The van der Waals surface area contributed by atoms with E-state index in [0.717, 1.165) is 6.42 Å². The Kier molecular flexibility index (Phi) is 6.77. The monoisotopic (exact) mass is 407 g/mol. The van der Waals surface area contributed by atoms with Crippen molar-refractivity contribution in [2.24, 2.45) is 5.41 Å². The summed E-state index contributed by atoms with van der Waals surface area (Å²) in [5.74, 6) is 1.75.